The number of alkyl carbamates (subject to hydrolysis) is 1. The molecule has 10 nitrogen and oxygen atoms in total. The summed E-state index contributed by atoms with van der Waals surface area (Å²) in [5.74, 6) is 0.628. The molecule has 3 rings (SSSR count). The van der Waals surface area contributed by atoms with Crippen LogP contribution in [0.2, 0.25) is 0 Å². The van der Waals surface area contributed by atoms with Crippen LogP contribution in [0.4, 0.5) is 10.5 Å². The van der Waals surface area contributed by atoms with Crippen LogP contribution in [0.3, 0.4) is 0 Å². The second-order valence-corrected chi connectivity index (χ2v) is 9.71. The first-order valence-corrected chi connectivity index (χ1v) is 13.2. The minimum absolute atomic E-state index is 0.0736. The Kier molecular flexibility index (Phi) is 10.6. The number of aliphatic imine (C=N–C) groups is 1. The number of hydrogen-bond donors (Lipinski definition) is 1. The van der Waals surface area contributed by atoms with Gasteiger partial charge < -0.3 is 24.0 Å². The van der Waals surface area contributed by atoms with Crippen LogP contribution in [-0.2, 0) is 25.6 Å². The van der Waals surface area contributed by atoms with E-state index in [4.69, 9.17) is 14.2 Å². The molecule has 204 valence electrons. The molecule has 0 bridgehead atoms. The largest absolute Gasteiger partial charge is 0.494 e. The topological polar surface area (TPSA) is 110 Å². The summed E-state index contributed by atoms with van der Waals surface area (Å²) in [4.78, 5) is 45.0. The van der Waals surface area contributed by atoms with Gasteiger partial charge in [-0.3, -0.25) is 14.9 Å². The SMILES string of the molecule is CCOC(=O)CN1Cc2cc(OCCCC(=O)N(C)C3CCCCC3)ccc2N=C1NC(=O)OC(C)C. The van der Waals surface area contributed by atoms with Crippen LogP contribution in [0.15, 0.2) is 23.2 Å². The minimum atomic E-state index is -0.644. The molecule has 37 heavy (non-hydrogen) atoms. The molecule has 0 aromatic heterocycles. The molecule has 0 unspecified atom stereocenters. The maximum absolute atomic E-state index is 12.6. The highest BCUT2D eigenvalue weighted by Gasteiger charge is 2.25. The predicted molar refractivity (Wildman–Crippen MR) is 140 cm³/mol. The fourth-order valence-corrected chi connectivity index (χ4v) is 4.55. The van der Waals surface area contributed by atoms with Gasteiger partial charge in [0.15, 0.2) is 0 Å². The molecule has 1 aromatic carbocycles. The Morgan fingerprint density at radius 2 is 1.95 bits per heavy atom. The number of nitrogens with one attached hydrogen (secondary N) is 1. The number of guanidine groups is 1. The van der Waals surface area contributed by atoms with E-state index in [1.807, 2.05) is 30.1 Å². The Morgan fingerprint density at radius 1 is 1.19 bits per heavy atom. The second-order valence-electron chi connectivity index (χ2n) is 9.71. The van der Waals surface area contributed by atoms with Gasteiger partial charge >= 0.3 is 12.1 Å². The number of benzene rings is 1. The molecule has 1 heterocycles. The second kappa shape index (κ2) is 13.9. The Morgan fingerprint density at radius 3 is 2.65 bits per heavy atom. The van der Waals surface area contributed by atoms with E-state index >= 15 is 0 Å². The molecule has 2 amide bonds. The summed E-state index contributed by atoms with van der Waals surface area (Å²) in [7, 11) is 1.91. The monoisotopic (exact) mass is 516 g/mol. The van der Waals surface area contributed by atoms with Gasteiger partial charge in [-0.15, -0.1) is 0 Å². The van der Waals surface area contributed by atoms with Crippen molar-refractivity contribution in [3.63, 3.8) is 0 Å². The quantitative estimate of drug-likeness (QED) is 0.368. The Balaban J connectivity index is 1.58. The van der Waals surface area contributed by atoms with E-state index in [1.165, 1.54) is 19.3 Å². The first kappa shape index (κ1) is 28.3. The molecule has 1 aliphatic carbocycles. The van der Waals surface area contributed by atoms with Crippen LogP contribution in [0.1, 0.15) is 71.3 Å². The summed E-state index contributed by atoms with van der Waals surface area (Å²) in [5.41, 5.74) is 1.51. The summed E-state index contributed by atoms with van der Waals surface area (Å²) < 4.78 is 16.2. The summed E-state index contributed by atoms with van der Waals surface area (Å²) in [6.45, 7) is 6.18. The third-order valence-electron chi connectivity index (χ3n) is 6.44. The maximum atomic E-state index is 12.6. The first-order chi connectivity index (χ1) is 17.8. The van der Waals surface area contributed by atoms with Crippen molar-refractivity contribution in [2.45, 2.75) is 84.4 Å². The number of esters is 1. The number of nitrogens with zero attached hydrogens (tertiary/aromatic N) is 3. The Hall–Kier alpha value is -3.30. The number of hydrogen-bond acceptors (Lipinski definition) is 8. The van der Waals surface area contributed by atoms with Crippen LogP contribution >= 0.6 is 0 Å². The van der Waals surface area contributed by atoms with Gasteiger partial charge in [0.25, 0.3) is 0 Å². The van der Waals surface area contributed by atoms with Crippen LogP contribution in [0, 0.1) is 0 Å². The zero-order valence-corrected chi connectivity index (χ0v) is 22.5. The van der Waals surface area contributed by atoms with E-state index in [-0.39, 0.29) is 31.1 Å². The zero-order chi connectivity index (χ0) is 26.8. The summed E-state index contributed by atoms with van der Waals surface area (Å²) in [6.07, 6.45) is 6.01. The van der Waals surface area contributed by atoms with Crippen molar-refractivity contribution in [3.05, 3.63) is 23.8 Å². The highest BCUT2D eigenvalue weighted by atomic mass is 16.6. The van der Waals surface area contributed by atoms with Crippen molar-refractivity contribution in [1.29, 1.82) is 0 Å². The van der Waals surface area contributed by atoms with E-state index in [2.05, 4.69) is 10.3 Å². The highest BCUT2D eigenvalue weighted by molar-refractivity contribution is 5.97. The molecule has 0 spiro atoms. The Labute approximate surface area is 219 Å². The third kappa shape index (κ3) is 8.65. The van der Waals surface area contributed by atoms with E-state index in [0.29, 0.717) is 43.5 Å². The van der Waals surface area contributed by atoms with Gasteiger partial charge in [0, 0.05) is 31.6 Å². The summed E-state index contributed by atoms with van der Waals surface area (Å²) in [5, 5.41) is 2.63. The normalized spacial score (nSPS) is 15.5. The molecule has 1 fully saturated rings. The molecular weight excluding hydrogens is 476 g/mol. The lowest BCUT2D eigenvalue weighted by Gasteiger charge is -2.31. The standard InChI is InChI=1S/C27H40N4O6/c1-5-35-25(33)18-31-17-20-16-22(13-14-23(20)28-26(31)29-27(34)37-19(2)3)36-15-9-12-24(32)30(4)21-10-7-6-8-11-21/h13-14,16,19,21H,5-12,15,17-18H2,1-4H3,(H,28,29,34). The van der Waals surface area contributed by atoms with Crippen LogP contribution in [0.5, 0.6) is 5.75 Å². The van der Waals surface area contributed by atoms with Crippen molar-refractivity contribution in [2.75, 3.05) is 26.8 Å². The molecule has 1 N–H and O–H groups in total. The molecule has 0 radical (unpaired) electrons. The van der Waals surface area contributed by atoms with E-state index < -0.39 is 12.1 Å². The average Bonchev–Trinajstić information content (AvgIpc) is 2.86. The first-order valence-electron chi connectivity index (χ1n) is 13.2. The van der Waals surface area contributed by atoms with Gasteiger partial charge in [0.1, 0.15) is 12.3 Å². The van der Waals surface area contributed by atoms with Gasteiger partial charge in [0.2, 0.25) is 11.9 Å². The summed E-state index contributed by atoms with van der Waals surface area (Å²) >= 11 is 0. The van der Waals surface area contributed by atoms with Gasteiger partial charge in [-0.25, -0.2) is 9.79 Å². The van der Waals surface area contributed by atoms with Crippen LogP contribution in [0.25, 0.3) is 0 Å². The van der Waals surface area contributed by atoms with E-state index in [0.717, 1.165) is 18.4 Å². The molecule has 1 aliphatic heterocycles. The van der Waals surface area contributed by atoms with Gasteiger partial charge in [-0.05, 0) is 58.2 Å². The molecule has 0 saturated heterocycles. The van der Waals surface area contributed by atoms with Gasteiger partial charge in [-0.2, -0.15) is 0 Å². The lowest BCUT2D eigenvalue weighted by molar-refractivity contribution is -0.143. The minimum Gasteiger partial charge on any atom is -0.494 e. The van der Waals surface area contributed by atoms with Crippen molar-refractivity contribution in [1.82, 2.24) is 15.1 Å². The lowest BCUT2D eigenvalue weighted by atomic mass is 9.94. The van der Waals surface area contributed by atoms with Crippen molar-refractivity contribution in [2.24, 2.45) is 4.99 Å². The highest BCUT2D eigenvalue weighted by Crippen LogP contribution is 2.30. The predicted octanol–water partition coefficient (Wildman–Crippen LogP) is 4.14. The maximum Gasteiger partial charge on any atom is 0.414 e. The molecule has 1 saturated carbocycles. The summed E-state index contributed by atoms with van der Waals surface area (Å²) in [6, 6.07) is 5.86. The van der Waals surface area contributed by atoms with Gasteiger partial charge in [-0.1, -0.05) is 19.3 Å². The number of fused-ring (bicyclic) bond motifs is 1. The van der Waals surface area contributed by atoms with Crippen molar-refractivity contribution in [3.8, 4) is 5.75 Å². The van der Waals surface area contributed by atoms with Crippen LogP contribution < -0.4 is 10.1 Å². The van der Waals surface area contributed by atoms with Crippen LogP contribution in [-0.4, -0.2) is 72.7 Å². The van der Waals surface area contributed by atoms with E-state index in [1.54, 1.807) is 25.7 Å². The molecule has 0 atom stereocenters. The lowest BCUT2D eigenvalue weighted by Crippen LogP contribution is -2.47. The number of carbonyl (C=O) groups is 3. The van der Waals surface area contributed by atoms with E-state index in [9.17, 15) is 14.4 Å². The number of carbonyl (C=O) groups excluding carboxylic acids is 3. The number of amides is 2. The third-order valence-corrected chi connectivity index (χ3v) is 6.44. The van der Waals surface area contributed by atoms with Crippen molar-refractivity contribution < 1.29 is 28.6 Å². The molecule has 2 aliphatic rings. The number of ether oxygens (including phenoxy) is 3. The average molecular weight is 517 g/mol. The molecule has 1 aromatic rings. The van der Waals surface area contributed by atoms with Gasteiger partial charge in [0.05, 0.1) is 25.0 Å². The fraction of sp³-hybridized carbons (Fsp3) is 0.630. The fourth-order valence-electron chi connectivity index (χ4n) is 4.55. The molecular formula is C27H40N4O6. The molecule has 10 heteroatoms. The van der Waals surface area contributed by atoms with Crippen molar-refractivity contribution >= 4 is 29.6 Å². The number of rotatable bonds is 10. The zero-order valence-electron chi connectivity index (χ0n) is 22.5. The smallest absolute Gasteiger partial charge is 0.414 e. The Bertz CT molecular complexity index is 974.